The molecule has 1 aliphatic carbocycles. The van der Waals surface area contributed by atoms with E-state index in [1.165, 1.54) is 17.3 Å². The Morgan fingerprint density at radius 1 is 0.917 bits per heavy atom. The zero-order valence-corrected chi connectivity index (χ0v) is 19.4. The van der Waals surface area contributed by atoms with Crippen LogP contribution in [0.2, 0.25) is 39.3 Å². The third kappa shape index (κ3) is 3.49. The van der Waals surface area contributed by atoms with Gasteiger partial charge in [-0.15, -0.1) is 0 Å². The molecule has 0 fully saturated rings. The molecular formula is C21H29BrSi2. The maximum absolute atomic E-state index is 3.89. The number of hydrogen-bond acceptors (Lipinski definition) is 0. The fourth-order valence-corrected chi connectivity index (χ4v) is 9.32. The molecule has 2 aromatic rings. The second kappa shape index (κ2) is 6.26. The molecule has 0 spiro atoms. The van der Waals surface area contributed by atoms with Crippen molar-refractivity contribution < 1.29 is 0 Å². The molecule has 24 heavy (non-hydrogen) atoms. The smallest absolute Gasteiger partial charge is 0.0656 e. The molecule has 0 N–H and O–H groups in total. The summed E-state index contributed by atoms with van der Waals surface area (Å²) in [7, 11) is -2.69. The van der Waals surface area contributed by atoms with E-state index in [0.29, 0.717) is 5.92 Å². The highest BCUT2D eigenvalue weighted by atomic mass is 79.9. The van der Waals surface area contributed by atoms with E-state index in [1.807, 2.05) is 0 Å². The van der Waals surface area contributed by atoms with Crippen LogP contribution in [0.15, 0.2) is 40.9 Å². The fraction of sp³-hybridized carbons (Fsp3) is 0.429. The van der Waals surface area contributed by atoms with E-state index in [0.717, 1.165) is 0 Å². The van der Waals surface area contributed by atoms with E-state index in [-0.39, 0.29) is 0 Å². The highest BCUT2D eigenvalue weighted by molar-refractivity contribution is 9.10. The SMILES string of the molecule is C[Si](C)(C)c1cc(CC2Cc3ccccc32)c([Si](C)(C)C)cc1Br. The van der Waals surface area contributed by atoms with Crippen LogP contribution in [-0.2, 0) is 12.8 Å². The monoisotopic (exact) mass is 416 g/mol. The van der Waals surface area contributed by atoms with Crippen LogP contribution >= 0.6 is 15.9 Å². The van der Waals surface area contributed by atoms with Gasteiger partial charge in [-0.2, -0.15) is 0 Å². The molecule has 0 heterocycles. The predicted octanol–water partition coefficient (Wildman–Crippen LogP) is 5.42. The average Bonchev–Trinajstić information content (AvgIpc) is 2.43. The molecule has 0 aliphatic heterocycles. The molecule has 128 valence electrons. The Kier molecular flexibility index (Phi) is 4.73. The van der Waals surface area contributed by atoms with Gasteiger partial charge in [-0.1, -0.05) is 90.7 Å². The molecule has 0 aromatic heterocycles. The molecule has 0 radical (unpaired) electrons. The minimum absolute atomic E-state index is 0.715. The van der Waals surface area contributed by atoms with Crippen molar-refractivity contribution in [3.05, 3.63) is 57.6 Å². The van der Waals surface area contributed by atoms with Gasteiger partial charge in [-0.3, -0.25) is 0 Å². The van der Waals surface area contributed by atoms with Crippen LogP contribution in [-0.4, -0.2) is 16.1 Å². The topological polar surface area (TPSA) is 0 Å². The lowest BCUT2D eigenvalue weighted by Gasteiger charge is -2.33. The van der Waals surface area contributed by atoms with E-state index in [4.69, 9.17) is 0 Å². The summed E-state index contributed by atoms with van der Waals surface area (Å²) >= 11 is 3.89. The van der Waals surface area contributed by atoms with Gasteiger partial charge in [0.2, 0.25) is 0 Å². The lowest BCUT2D eigenvalue weighted by molar-refractivity contribution is 0.606. The Bertz CT molecular complexity index is 766. The molecule has 0 bridgehead atoms. The molecule has 2 aromatic carbocycles. The Hall–Kier alpha value is -0.646. The molecular weight excluding hydrogens is 388 g/mol. The van der Waals surface area contributed by atoms with Crippen LogP contribution in [0.4, 0.5) is 0 Å². The summed E-state index contributed by atoms with van der Waals surface area (Å²) in [6, 6.07) is 14.0. The van der Waals surface area contributed by atoms with Crippen LogP contribution in [0.25, 0.3) is 0 Å². The van der Waals surface area contributed by atoms with Crippen LogP contribution < -0.4 is 10.4 Å². The largest absolute Gasteiger partial charge is 0.0790 e. The van der Waals surface area contributed by atoms with E-state index >= 15 is 0 Å². The first-order valence-corrected chi connectivity index (χ1v) is 16.8. The van der Waals surface area contributed by atoms with Crippen molar-refractivity contribution in [2.45, 2.75) is 58.0 Å². The second-order valence-electron chi connectivity index (χ2n) is 9.29. The minimum atomic E-state index is -1.35. The molecule has 0 nitrogen and oxygen atoms in total. The Balaban J connectivity index is 2.02. The quantitative estimate of drug-likeness (QED) is 0.583. The minimum Gasteiger partial charge on any atom is -0.0656 e. The zero-order valence-electron chi connectivity index (χ0n) is 15.8. The second-order valence-corrected chi connectivity index (χ2v) is 20.2. The summed E-state index contributed by atoms with van der Waals surface area (Å²) in [5, 5.41) is 3.22. The van der Waals surface area contributed by atoms with E-state index < -0.39 is 16.1 Å². The summed E-state index contributed by atoms with van der Waals surface area (Å²) < 4.78 is 1.34. The molecule has 1 unspecified atom stereocenters. The van der Waals surface area contributed by atoms with Crippen molar-refractivity contribution in [3.63, 3.8) is 0 Å². The maximum atomic E-state index is 3.89. The molecule has 3 heteroatoms. The van der Waals surface area contributed by atoms with Gasteiger partial charge in [0.15, 0.2) is 0 Å². The summed E-state index contributed by atoms with van der Waals surface area (Å²) in [6.45, 7) is 14.8. The lowest BCUT2D eigenvalue weighted by Crippen LogP contribution is -2.45. The van der Waals surface area contributed by atoms with Gasteiger partial charge >= 0.3 is 0 Å². The molecule has 3 rings (SSSR count). The van der Waals surface area contributed by atoms with Gasteiger partial charge in [0.25, 0.3) is 0 Å². The summed E-state index contributed by atoms with van der Waals surface area (Å²) in [5.74, 6) is 0.715. The van der Waals surface area contributed by atoms with Gasteiger partial charge in [-0.25, -0.2) is 0 Å². The highest BCUT2D eigenvalue weighted by Crippen LogP contribution is 2.37. The highest BCUT2D eigenvalue weighted by Gasteiger charge is 2.30. The van der Waals surface area contributed by atoms with Gasteiger partial charge in [0, 0.05) is 4.47 Å². The summed E-state index contributed by atoms with van der Waals surface area (Å²) in [5.41, 5.74) is 4.75. The van der Waals surface area contributed by atoms with Crippen molar-refractivity contribution in [3.8, 4) is 0 Å². The van der Waals surface area contributed by atoms with E-state index in [2.05, 4.69) is 91.6 Å². The fourth-order valence-electron chi connectivity index (χ4n) is 3.87. The van der Waals surface area contributed by atoms with Crippen LogP contribution in [0.3, 0.4) is 0 Å². The third-order valence-electron chi connectivity index (χ3n) is 5.24. The standard InChI is InChI=1S/C21H29BrSi2/c1-23(2,3)20-14-19(22)21(24(4,5)6)13-17(20)12-16-11-15-9-7-8-10-18(15)16/h7-10,13-14,16H,11-12H2,1-6H3. The predicted molar refractivity (Wildman–Crippen MR) is 117 cm³/mol. The van der Waals surface area contributed by atoms with Crippen molar-refractivity contribution in [2.24, 2.45) is 0 Å². The number of fused-ring (bicyclic) bond motifs is 1. The number of hydrogen-bond donors (Lipinski definition) is 0. The van der Waals surface area contributed by atoms with Crippen LogP contribution in [0, 0.1) is 0 Å². The Labute approximate surface area is 157 Å². The molecule has 1 aliphatic rings. The summed E-state index contributed by atoms with van der Waals surface area (Å²) in [4.78, 5) is 0. The maximum Gasteiger partial charge on any atom is 0.0790 e. The molecule has 0 amide bonds. The van der Waals surface area contributed by atoms with Gasteiger partial charge in [0.05, 0.1) is 16.1 Å². The Morgan fingerprint density at radius 3 is 2.12 bits per heavy atom. The van der Waals surface area contributed by atoms with Crippen molar-refractivity contribution >= 4 is 42.5 Å². The average molecular weight is 418 g/mol. The van der Waals surface area contributed by atoms with Crippen LogP contribution in [0.1, 0.15) is 22.6 Å². The van der Waals surface area contributed by atoms with Gasteiger partial charge in [0.1, 0.15) is 0 Å². The first-order valence-electron chi connectivity index (χ1n) is 8.98. The van der Waals surface area contributed by atoms with Gasteiger partial charge < -0.3 is 0 Å². The van der Waals surface area contributed by atoms with E-state index in [9.17, 15) is 0 Å². The van der Waals surface area contributed by atoms with Crippen molar-refractivity contribution in [1.29, 1.82) is 0 Å². The number of rotatable bonds is 4. The number of halogens is 1. The normalized spacial score (nSPS) is 17.4. The lowest BCUT2D eigenvalue weighted by atomic mass is 9.74. The van der Waals surface area contributed by atoms with Crippen molar-refractivity contribution in [1.82, 2.24) is 0 Å². The van der Waals surface area contributed by atoms with Gasteiger partial charge in [-0.05, 0) is 46.7 Å². The molecule has 0 saturated carbocycles. The van der Waals surface area contributed by atoms with Crippen molar-refractivity contribution in [2.75, 3.05) is 0 Å². The summed E-state index contributed by atoms with van der Waals surface area (Å²) in [6.07, 6.45) is 2.46. The van der Waals surface area contributed by atoms with Crippen LogP contribution in [0.5, 0.6) is 0 Å². The Morgan fingerprint density at radius 2 is 1.54 bits per heavy atom. The van der Waals surface area contributed by atoms with E-state index in [1.54, 1.807) is 27.1 Å². The third-order valence-corrected chi connectivity index (χ3v) is 10.4. The molecule has 1 atom stereocenters. The number of benzene rings is 2. The zero-order chi connectivity index (χ0) is 17.7. The first-order chi connectivity index (χ1) is 11.1. The first kappa shape index (κ1) is 18.2. The molecule has 0 saturated heterocycles.